The van der Waals surface area contributed by atoms with Gasteiger partial charge in [-0.3, -0.25) is 4.79 Å². The molecule has 3 rings (SSSR count). The summed E-state index contributed by atoms with van der Waals surface area (Å²) >= 11 is 1.42. The van der Waals surface area contributed by atoms with E-state index in [1.165, 1.54) is 23.5 Å². The summed E-state index contributed by atoms with van der Waals surface area (Å²) in [6.07, 6.45) is 1.42. The Kier molecular flexibility index (Phi) is 3.53. The highest BCUT2D eigenvalue weighted by Gasteiger charge is 2.33. The Morgan fingerprint density at radius 1 is 1.29 bits per heavy atom. The summed E-state index contributed by atoms with van der Waals surface area (Å²) in [6.45, 7) is 4.77. The molecule has 0 saturated heterocycles. The molecule has 0 unspecified atom stereocenters. The largest absolute Gasteiger partial charge is 0.357 e. The lowest BCUT2D eigenvalue weighted by atomic mass is 9.78. The third-order valence-electron chi connectivity index (χ3n) is 3.59. The van der Waals surface area contributed by atoms with Gasteiger partial charge in [-0.2, -0.15) is 0 Å². The molecular weight excluding hydrogens is 287 g/mol. The van der Waals surface area contributed by atoms with Crippen molar-refractivity contribution in [3.8, 4) is 0 Å². The van der Waals surface area contributed by atoms with Crippen molar-refractivity contribution in [2.45, 2.75) is 33.2 Å². The van der Waals surface area contributed by atoms with Crippen LogP contribution in [0.5, 0.6) is 0 Å². The van der Waals surface area contributed by atoms with Crippen LogP contribution in [-0.4, -0.2) is 10.8 Å². The summed E-state index contributed by atoms with van der Waals surface area (Å²) in [5.74, 6) is -0.0510. The van der Waals surface area contributed by atoms with Gasteiger partial charge in [-0.25, -0.2) is 9.37 Å². The quantitative estimate of drug-likeness (QED) is 0.930. The van der Waals surface area contributed by atoms with Crippen LogP contribution in [0.25, 0.3) is 0 Å². The van der Waals surface area contributed by atoms with E-state index in [2.05, 4.69) is 24.1 Å². The van der Waals surface area contributed by atoms with Crippen molar-refractivity contribution >= 4 is 22.3 Å². The Morgan fingerprint density at radius 3 is 2.71 bits per heavy atom. The molecule has 110 valence electrons. The Bertz CT molecular complexity index is 676. The number of anilines is 1. The molecule has 0 saturated carbocycles. The Balaban J connectivity index is 1.73. The number of carbonyl (C=O) groups excluding carboxylic acids is 1. The molecule has 5 heteroatoms. The molecule has 1 N–H and O–H groups in total. The first kappa shape index (κ1) is 14.2. The Hall–Kier alpha value is -1.75. The lowest BCUT2D eigenvalue weighted by Crippen LogP contribution is -2.25. The zero-order valence-corrected chi connectivity index (χ0v) is 12.9. The van der Waals surface area contributed by atoms with Crippen molar-refractivity contribution in [1.29, 1.82) is 0 Å². The molecular formula is C16H17FN2OS. The molecule has 0 bridgehead atoms. The molecule has 1 aliphatic rings. The van der Waals surface area contributed by atoms with Gasteiger partial charge in [-0.1, -0.05) is 37.3 Å². The van der Waals surface area contributed by atoms with Gasteiger partial charge in [0.25, 0.3) is 0 Å². The van der Waals surface area contributed by atoms with Crippen LogP contribution in [-0.2, 0) is 13.0 Å². The molecule has 0 fully saturated rings. The maximum atomic E-state index is 12.9. The Labute approximate surface area is 127 Å². The number of rotatable bonds is 3. The van der Waals surface area contributed by atoms with Gasteiger partial charge in [0.2, 0.25) is 0 Å². The predicted molar refractivity (Wildman–Crippen MR) is 82.3 cm³/mol. The summed E-state index contributed by atoms with van der Waals surface area (Å²) in [5, 5.41) is 3.98. The molecule has 1 aromatic carbocycles. The molecule has 0 radical (unpaired) electrons. The fraction of sp³-hybridized carbons (Fsp3) is 0.375. The maximum absolute atomic E-state index is 12.9. The smallest absolute Gasteiger partial charge is 0.183 e. The van der Waals surface area contributed by atoms with Gasteiger partial charge in [0.1, 0.15) is 5.82 Å². The number of ketones is 1. The van der Waals surface area contributed by atoms with Crippen molar-refractivity contribution in [1.82, 2.24) is 4.98 Å². The number of aromatic nitrogens is 1. The summed E-state index contributed by atoms with van der Waals surface area (Å²) < 4.78 is 12.9. The molecule has 1 heterocycles. The fourth-order valence-corrected chi connectivity index (χ4v) is 3.49. The summed E-state index contributed by atoms with van der Waals surface area (Å²) in [6, 6.07) is 6.36. The monoisotopic (exact) mass is 304 g/mol. The average molecular weight is 304 g/mol. The first-order valence-electron chi connectivity index (χ1n) is 6.94. The average Bonchev–Trinajstić information content (AvgIpc) is 2.80. The van der Waals surface area contributed by atoms with Gasteiger partial charge in [-0.15, -0.1) is 0 Å². The van der Waals surface area contributed by atoms with Crippen LogP contribution in [0.2, 0.25) is 0 Å². The van der Waals surface area contributed by atoms with E-state index in [1.807, 2.05) is 0 Å². The summed E-state index contributed by atoms with van der Waals surface area (Å²) in [7, 11) is 0. The topological polar surface area (TPSA) is 42.0 Å². The lowest BCUT2D eigenvalue weighted by Gasteiger charge is -2.26. The van der Waals surface area contributed by atoms with E-state index < -0.39 is 0 Å². The van der Waals surface area contributed by atoms with E-state index in [9.17, 15) is 9.18 Å². The second-order valence-corrected chi connectivity index (χ2v) is 7.21. The van der Waals surface area contributed by atoms with Crippen LogP contribution in [0.4, 0.5) is 9.52 Å². The number of nitrogens with one attached hydrogen (secondary N) is 1. The molecule has 3 nitrogen and oxygen atoms in total. The number of thiazole rings is 1. The minimum absolute atomic E-state index is 0.00756. The molecule has 0 spiro atoms. The number of nitrogens with zero attached hydrogens (tertiary/aromatic N) is 1. The van der Waals surface area contributed by atoms with Gasteiger partial charge in [0.05, 0.1) is 10.6 Å². The number of carbonyl (C=O) groups is 1. The van der Waals surface area contributed by atoms with Crippen LogP contribution < -0.4 is 5.32 Å². The van der Waals surface area contributed by atoms with Crippen LogP contribution >= 0.6 is 11.3 Å². The highest BCUT2D eigenvalue weighted by Crippen LogP contribution is 2.38. The number of hydrogen-bond acceptors (Lipinski definition) is 4. The van der Waals surface area contributed by atoms with Crippen molar-refractivity contribution in [2.75, 3.05) is 5.32 Å². The number of benzene rings is 1. The highest BCUT2D eigenvalue weighted by atomic mass is 32.1. The van der Waals surface area contributed by atoms with E-state index in [0.717, 1.165) is 27.7 Å². The number of Topliss-reactive ketones (excluding diaryl/α,β-unsaturated/α-hetero) is 1. The summed E-state index contributed by atoms with van der Waals surface area (Å²) in [4.78, 5) is 17.5. The van der Waals surface area contributed by atoms with Gasteiger partial charge in [-0.05, 0) is 29.5 Å². The molecule has 0 atom stereocenters. The minimum atomic E-state index is -0.240. The third kappa shape index (κ3) is 3.13. The van der Waals surface area contributed by atoms with Gasteiger partial charge in [0, 0.05) is 13.0 Å². The van der Waals surface area contributed by atoms with Crippen molar-refractivity contribution < 1.29 is 9.18 Å². The molecule has 0 amide bonds. The first-order valence-corrected chi connectivity index (χ1v) is 7.76. The van der Waals surface area contributed by atoms with E-state index in [1.54, 1.807) is 12.1 Å². The second-order valence-electron chi connectivity index (χ2n) is 6.22. The molecule has 1 aromatic heterocycles. The fourth-order valence-electron chi connectivity index (χ4n) is 2.58. The van der Waals surface area contributed by atoms with Crippen molar-refractivity contribution in [2.24, 2.45) is 5.41 Å². The molecule has 21 heavy (non-hydrogen) atoms. The predicted octanol–water partition coefficient (Wildman–Crippen LogP) is 4.05. The van der Waals surface area contributed by atoms with Gasteiger partial charge in [0.15, 0.2) is 10.9 Å². The third-order valence-corrected chi connectivity index (χ3v) is 4.69. The van der Waals surface area contributed by atoms with E-state index in [-0.39, 0.29) is 17.0 Å². The number of fused-ring (bicyclic) bond motifs is 1. The van der Waals surface area contributed by atoms with Crippen LogP contribution in [0, 0.1) is 11.2 Å². The molecule has 0 aliphatic heterocycles. The lowest BCUT2D eigenvalue weighted by molar-refractivity contribution is 0.0916. The first-order chi connectivity index (χ1) is 9.93. The normalized spacial score (nSPS) is 16.6. The minimum Gasteiger partial charge on any atom is -0.357 e. The zero-order valence-electron chi connectivity index (χ0n) is 12.1. The SMILES string of the molecule is CC1(C)CC(=O)c2sc(NCc3ccc(F)cc3)nc2C1. The van der Waals surface area contributed by atoms with Gasteiger partial charge < -0.3 is 5.32 Å². The number of halogens is 1. The maximum Gasteiger partial charge on any atom is 0.183 e. The van der Waals surface area contributed by atoms with Crippen LogP contribution in [0.1, 0.15) is 41.2 Å². The van der Waals surface area contributed by atoms with Crippen molar-refractivity contribution in [3.63, 3.8) is 0 Å². The highest BCUT2D eigenvalue weighted by molar-refractivity contribution is 7.17. The standard InChI is InChI=1S/C16H17FN2OS/c1-16(2)7-12-14(13(20)8-16)21-15(19-12)18-9-10-3-5-11(17)6-4-10/h3-6H,7-9H2,1-2H3,(H,18,19). The van der Waals surface area contributed by atoms with E-state index in [4.69, 9.17) is 0 Å². The summed E-state index contributed by atoms with van der Waals surface area (Å²) in [5.41, 5.74) is 1.88. The molecule has 2 aromatic rings. The van der Waals surface area contributed by atoms with Gasteiger partial charge >= 0.3 is 0 Å². The van der Waals surface area contributed by atoms with E-state index in [0.29, 0.717) is 13.0 Å². The Morgan fingerprint density at radius 2 is 2.00 bits per heavy atom. The van der Waals surface area contributed by atoms with Crippen molar-refractivity contribution in [3.05, 3.63) is 46.2 Å². The second kappa shape index (κ2) is 5.22. The van der Waals surface area contributed by atoms with Crippen LogP contribution in [0.3, 0.4) is 0 Å². The van der Waals surface area contributed by atoms with E-state index >= 15 is 0 Å². The number of hydrogen-bond donors (Lipinski definition) is 1. The molecule has 1 aliphatic carbocycles. The zero-order chi connectivity index (χ0) is 15.0. The van der Waals surface area contributed by atoms with Crippen LogP contribution in [0.15, 0.2) is 24.3 Å².